The fourth-order valence-electron chi connectivity index (χ4n) is 2.14. The van der Waals surface area contributed by atoms with Gasteiger partial charge in [-0.3, -0.25) is 4.79 Å². The lowest BCUT2D eigenvalue weighted by Gasteiger charge is -2.10. The van der Waals surface area contributed by atoms with Gasteiger partial charge >= 0.3 is 5.97 Å². The van der Waals surface area contributed by atoms with Crippen molar-refractivity contribution in [2.45, 2.75) is 32.9 Å². The minimum absolute atomic E-state index is 0.130. The Balaban J connectivity index is 1.70. The predicted octanol–water partition coefficient (Wildman–Crippen LogP) is 2.28. The Kier molecular flexibility index (Phi) is 4.43. The van der Waals surface area contributed by atoms with Crippen LogP contribution in [-0.4, -0.2) is 23.7 Å². The molecule has 1 aliphatic rings. The maximum Gasteiger partial charge on any atom is 0.306 e. The molecule has 0 amide bonds. The molecule has 0 heterocycles. The number of carboxylic acids is 1. The first-order chi connectivity index (χ1) is 9.06. The van der Waals surface area contributed by atoms with Crippen LogP contribution in [-0.2, 0) is 11.3 Å². The lowest BCUT2D eigenvalue weighted by Crippen LogP contribution is -2.18. The average molecular weight is 263 g/mol. The second kappa shape index (κ2) is 6.06. The van der Waals surface area contributed by atoms with Crippen LogP contribution in [0.25, 0.3) is 0 Å². The van der Waals surface area contributed by atoms with Gasteiger partial charge in [-0.15, -0.1) is 0 Å². The molecule has 1 aromatic rings. The van der Waals surface area contributed by atoms with E-state index in [1.54, 1.807) is 0 Å². The van der Waals surface area contributed by atoms with Crippen molar-refractivity contribution in [3.8, 4) is 5.75 Å². The van der Waals surface area contributed by atoms with Gasteiger partial charge in [0.15, 0.2) is 0 Å². The summed E-state index contributed by atoms with van der Waals surface area (Å²) in [6.07, 6.45) is 0.996. The number of hydrogen-bond donors (Lipinski definition) is 2. The number of carbonyl (C=O) groups is 1. The maximum atomic E-state index is 10.7. The molecule has 2 rings (SSSR count). The zero-order chi connectivity index (χ0) is 13.8. The van der Waals surface area contributed by atoms with Gasteiger partial charge < -0.3 is 15.2 Å². The van der Waals surface area contributed by atoms with Crippen molar-refractivity contribution >= 4 is 5.97 Å². The molecule has 2 atom stereocenters. The molecule has 0 bridgehead atoms. The minimum atomic E-state index is -0.665. The van der Waals surface area contributed by atoms with E-state index in [0.717, 1.165) is 25.3 Å². The summed E-state index contributed by atoms with van der Waals surface area (Å²) in [7, 11) is 0. The molecule has 1 fully saturated rings. The van der Waals surface area contributed by atoms with Crippen molar-refractivity contribution in [2.75, 3.05) is 6.54 Å². The number of ether oxygens (including phenoxy) is 1. The van der Waals surface area contributed by atoms with Gasteiger partial charge in [0.25, 0.3) is 0 Å². The molecular formula is C15H21NO3. The van der Waals surface area contributed by atoms with E-state index in [2.05, 4.69) is 5.32 Å². The van der Waals surface area contributed by atoms with Crippen molar-refractivity contribution in [1.29, 1.82) is 0 Å². The Morgan fingerprint density at radius 1 is 1.42 bits per heavy atom. The van der Waals surface area contributed by atoms with E-state index in [9.17, 15) is 4.79 Å². The number of carboxylic acid groups (broad SMARTS) is 1. The highest BCUT2D eigenvalue weighted by atomic mass is 16.5. The average Bonchev–Trinajstić information content (AvgIpc) is 3.10. The summed E-state index contributed by atoms with van der Waals surface area (Å²) in [6, 6.07) is 8.00. The molecule has 19 heavy (non-hydrogen) atoms. The maximum absolute atomic E-state index is 10.7. The van der Waals surface area contributed by atoms with Crippen LogP contribution in [0.2, 0.25) is 0 Å². The lowest BCUT2D eigenvalue weighted by atomic mass is 10.2. The molecule has 4 heteroatoms. The minimum Gasteiger partial charge on any atom is -0.491 e. The Morgan fingerprint density at radius 3 is 2.63 bits per heavy atom. The smallest absolute Gasteiger partial charge is 0.306 e. The summed E-state index contributed by atoms with van der Waals surface area (Å²) in [6.45, 7) is 5.56. The van der Waals surface area contributed by atoms with E-state index in [4.69, 9.17) is 9.84 Å². The summed E-state index contributed by atoms with van der Waals surface area (Å²) >= 11 is 0. The zero-order valence-corrected chi connectivity index (χ0v) is 11.4. The SMILES string of the molecule is CC(C)Oc1ccc(CNCC2CC2C(=O)O)cc1. The molecule has 1 aliphatic carbocycles. The first-order valence-electron chi connectivity index (χ1n) is 6.75. The van der Waals surface area contributed by atoms with Crippen LogP contribution in [0.1, 0.15) is 25.8 Å². The molecule has 0 spiro atoms. The van der Waals surface area contributed by atoms with Gasteiger partial charge in [-0.05, 0) is 50.4 Å². The molecule has 0 radical (unpaired) electrons. The fourth-order valence-corrected chi connectivity index (χ4v) is 2.14. The Morgan fingerprint density at radius 2 is 2.11 bits per heavy atom. The molecule has 4 nitrogen and oxygen atoms in total. The van der Waals surface area contributed by atoms with E-state index >= 15 is 0 Å². The standard InChI is InChI=1S/C15H21NO3/c1-10(2)19-13-5-3-11(4-6-13)8-16-9-12-7-14(12)15(17)18/h3-6,10,12,14,16H,7-9H2,1-2H3,(H,17,18). The van der Waals surface area contributed by atoms with E-state index in [-0.39, 0.29) is 12.0 Å². The van der Waals surface area contributed by atoms with Crippen LogP contribution in [0.5, 0.6) is 5.75 Å². The normalized spacial score (nSPS) is 21.4. The molecule has 0 aliphatic heterocycles. The van der Waals surface area contributed by atoms with Gasteiger partial charge in [0.2, 0.25) is 0 Å². The van der Waals surface area contributed by atoms with Crippen molar-refractivity contribution < 1.29 is 14.6 Å². The highest BCUT2D eigenvalue weighted by Crippen LogP contribution is 2.37. The highest BCUT2D eigenvalue weighted by molar-refractivity contribution is 5.73. The lowest BCUT2D eigenvalue weighted by molar-refractivity contribution is -0.138. The second-order valence-electron chi connectivity index (χ2n) is 5.38. The van der Waals surface area contributed by atoms with Gasteiger partial charge in [0.1, 0.15) is 5.75 Å². The number of aliphatic carboxylic acids is 1. The van der Waals surface area contributed by atoms with E-state index in [1.165, 1.54) is 5.56 Å². The highest BCUT2D eigenvalue weighted by Gasteiger charge is 2.42. The molecular weight excluding hydrogens is 242 g/mol. The third kappa shape index (κ3) is 4.24. The first kappa shape index (κ1) is 13.9. The Hall–Kier alpha value is -1.55. The van der Waals surface area contributed by atoms with Crippen LogP contribution in [0, 0.1) is 11.8 Å². The van der Waals surface area contributed by atoms with Crippen molar-refractivity contribution in [3.05, 3.63) is 29.8 Å². The van der Waals surface area contributed by atoms with Crippen LogP contribution >= 0.6 is 0 Å². The van der Waals surface area contributed by atoms with Crippen LogP contribution in [0.3, 0.4) is 0 Å². The summed E-state index contributed by atoms with van der Waals surface area (Å²) < 4.78 is 5.58. The molecule has 1 saturated carbocycles. The quantitative estimate of drug-likeness (QED) is 0.792. The number of rotatable bonds is 7. The van der Waals surface area contributed by atoms with Gasteiger partial charge in [0.05, 0.1) is 12.0 Å². The molecule has 104 valence electrons. The van der Waals surface area contributed by atoms with Crippen molar-refractivity contribution in [2.24, 2.45) is 11.8 Å². The van der Waals surface area contributed by atoms with Gasteiger partial charge in [-0.1, -0.05) is 12.1 Å². The van der Waals surface area contributed by atoms with Gasteiger partial charge in [-0.25, -0.2) is 0 Å². The van der Waals surface area contributed by atoms with E-state index in [1.807, 2.05) is 38.1 Å². The van der Waals surface area contributed by atoms with Crippen molar-refractivity contribution in [1.82, 2.24) is 5.32 Å². The van der Waals surface area contributed by atoms with E-state index in [0.29, 0.717) is 5.92 Å². The van der Waals surface area contributed by atoms with Gasteiger partial charge in [-0.2, -0.15) is 0 Å². The molecule has 0 aromatic heterocycles. The summed E-state index contributed by atoms with van der Waals surface area (Å²) in [5.74, 6) is 0.393. The Bertz CT molecular complexity index is 428. The second-order valence-corrected chi connectivity index (χ2v) is 5.38. The van der Waals surface area contributed by atoms with Crippen LogP contribution < -0.4 is 10.1 Å². The van der Waals surface area contributed by atoms with Gasteiger partial charge in [0, 0.05) is 6.54 Å². The number of hydrogen-bond acceptors (Lipinski definition) is 3. The molecule has 2 unspecified atom stereocenters. The zero-order valence-electron chi connectivity index (χ0n) is 11.4. The number of nitrogens with one attached hydrogen (secondary N) is 1. The monoisotopic (exact) mass is 263 g/mol. The largest absolute Gasteiger partial charge is 0.491 e. The summed E-state index contributed by atoms with van der Waals surface area (Å²) in [5, 5.41) is 12.1. The molecule has 0 saturated heterocycles. The summed E-state index contributed by atoms with van der Waals surface area (Å²) in [4.78, 5) is 10.7. The van der Waals surface area contributed by atoms with Crippen molar-refractivity contribution in [3.63, 3.8) is 0 Å². The van der Waals surface area contributed by atoms with Crippen LogP contribution in [0.4, 0.5) is 0 Å². The molecule has 1 aromatic carbocycles. The first-order valence-corrected chi connectivity index (χ1v) is 6.75. The summed E-state index contributed by atoms with van der Waals surface area (Å²) in [5.41, 5.74) is 1.18. The Labute approximate surface area is 113 Å². The molecule has 2 N–H and O–H groups in total. The fraction of sp³-hybridized carbons (Fsp3) is 0.533. The van der Waals surface area contributed by atoms with E-state index < -0.39 is 5.97 Å². The third-order valence-corrected chi connectivity index (χ3v) is 3.27. The van der Waals surface area contributed by atoms with Crippen LogP contribution in [0.15, 0.2) is 24.3 Å². The third-order valence-electron chi connectivity index (χ3n) is 3.27. The predicted molar refractivity (Wildman–Crippen MR) is 73.1 cm³/mol. The number of benzene rings is 1. The topological polar surface area (TPSA) is 58.6 Å².